The van der Waals surface area contributed by atoms with E-state index >= 15 is 0 Å². The molecule has 0 aliphatic rings. The summed E-state index contributed by atoms with van der Waals surface area (Å²) in [7, 11) is -4.29. The number of nitrogens with zero attached hydrogens (tertiary/aromatic N) is 2. The van der Waals surface area contributed by atoms with E-state index in [2.05, 4.69) is 15.3 Å². The first kappa shape index (κ1) is 24.4. The molecule has 0 bridgehead atoms. The largest absolute Gasteiger partial charge is 0.405 e. The lowest BCUT2D eigenvalue weighted by Gasteiger charge is -2.13. The molecular weight excluding hydrogens is 483 g/mol. The van der Waals surface area contributed by atoms with Crippen molar-refractivity contribution < 1.29 is 26.4 Å². The minimum atomic E-state index is -4.49. The fourth-order valence-electron chi connectivity index (χ4n) is 2.84. The summed E-state index contributed by atoms with van der Waals surface area (Å²) >= 11 is 6.05. The number of primary sulfonamides is 1. The van der Waals surface area contributed by atoms with Crippen LogP contribution in [-0.4, -0.2) is 37.0 Å². The van der Waals surface area contributed by atoms with Crippen molar-refractivity contribution in [3.8, 4) is 11.3 Å². The molecule has 0 aliphatic carbocycles. The maximum absolute atomic E-state index is 12.4. The number of nitrogens with one attached hydrogen (secondary N) is 2. The lowest BCUT2D eigenvalue weighted by Crippen LogP contribution is -2.22. The van der Waals surface area contributed by atoms with Gasteiger partial charge in [0.05, 0.1) is 17.0 Å². The van der Waals surface area contributed by atoms with E-state index in [1.807, 2.05) is 5.32 Å². The van der Waals surface area contributed by atoms with Crippen LogP contribution in [0, 0.1) is 0 Å². The van der Waals surface area contributed by atoms with Crippen LogP contribution in [0.5, 0.6) is 0 Å². The van der Waals surface area contributed by atoms with Crippen molar-refractivity contribution in [2.75, 3.05) is 17.2 Å². The number of hydrogen-bond acceptors (Lipinski definition) is 6. The van der Waals surface area contributed by atoms with Crippen molar-refractivity contribution in [3.63, 3.8) is 0 Å². The van der Waals surface area contributed by atoms with E-state index in [9.17, 15) is 26.4 Å². The quantitative estimate of drug-likeness (QED) is 0.456. The van der Waals surface area contributed by atoms with E-state index in [0.29, 0.717) is 10.6 Å². The van der Waals surface area contributed by atoms with E-state index in [1.54, 1.807) is 24.3 Å². The molecule has 0 saturated heterocycles. The fourth-order valence-corrected chi connectivity index (χ4v) is 3.81. The molecule has 33 heavy (non-hydrogen) atoms. The number of aromatic nitrogens is 2. The smallest absolute Gasteiger partial charge is 0.345 e. The van der Waals surface area contributed by atoms with E-state index in [1.165, 1.54) is 24.4 Å². The summed E-state index contributed by atoms with van der Waals surface area (Å²) in [6, 6.07) is 12.0. The highest BCUT2D eigenvalue weighted by molar-refractivity contribution is 7.89. The van der Waals surface area contributed by atoms with Gasteiger partial charge in [-0.15, -0.1) is 0 Å². The molecule has 0 atom stereocenters. The zero-order chi connectivity index (χ0) is 24.2. The third-order valence-electron chi connectivity index (χ3n) is 4.26. The fraction of sp³-hybridized carbons (Fsp3) is 0.150. The molecule has 13 heteroatoms. The lowest BCUT2D eigenvalue weighted by molar-refractivity contribution is -0.116. The molecule has 174 valence electrons. The second-order valence-corrected chi connectivity index (χ2v) is 8.74. The number of nitrogens with two attached hydrogens (primary N) is 1. The Bertz CT molecular complexity index is 1290. The van der Waals surface area contributed by atoms with E-state index in [-0.39, 0.29) is 34.2 Å². The summed E-state index contributed by atoms with van der Waals surface area (Å²) in [4.78, 5) is 19.6. The van der Waals surface area contributed by atoms with Gasteiger partial charge in [0.25, 0.3) is 0 Å². The average molecular weight is 500 g/mol. The molecule has 3 aromatic rings. The van der Waals surface area contributed by atoms with Gasteiger partial charge >= 0.3 is 6.18 Å². The van der Waals surface area contributed by atoms with Gasteiger partial charge in [0.15, 0.2) is 0 Å². The summed E-state index contributed by atoms with van der Waals surface area (Å²) in [6.45, 7) is -1.37. The van der Waals surface area contributed by atoms with E-state index in [0.717, 1.165) is 6.07 Å². The Balaban J connectivity index is 1.88. The van der Waals surface area contributed by atoms with Gasteiger partial charge in [-0.05, 0) is 35.9 Å². The van der Waals surface area contributed by atoms with Gasteiger partial charge in [0.1, 0.15) is 6.54 Å². The number of alkyl halides is 3. The van der Waals surface area contributed by atoms with Crippen molar-refractivity contribution in [1.29, 1.82) is 0 Å². The van der Waals surface area contributed by atoms with Gasteiger partial charge in [-0.25, -0.2) is 23.5 Å². The van der Waals surface area contributed by atoms with Crippen LogP contribution in [0.15, 0.2) is 59.6 Å². The third-order valence-corrected chi connectivity index (χ3v) is 5.58. The Labute approximate surface area is 192 Å². The van der Waals surface area contributed by atoms with Gasteiger partial charge in [-0.1, -0.05) is 29.8 Å². The van der Waals surface area contributed by atoms with Crippen molar-refractivity contribution >= 4 is 39.2 Å². The molecule has 4 N–H and O–H groups in total. The standard InChI is InChI=1S/C20H17ClF3N5O3S/c21-15-4-2-1-3-12(15)9-18(30)28-13-5-6-14(17(10-13)33(25,31)32)16-7-8-26-19(29-16)27-11-20(22,23)24/h1-8,10H,9,11H2,(H,28,30)(H2,25,31,32)(H,26,27,29). The van der Waals surface area contributed by atoms with Crippen LogP contribution in [0.2, 0.25) is 5.02 Å². The number of sulfonamides is 1. The molecule has 0 radical (unpaired) electrons. The van der Waals surface area contributed by atoms with Crippen molar-refractivity contribution in [2.45, 2.75) is 17.5 Å². The highest BCUT2D eigenvalue weighted by Gasteiger charge is 2.27. The molecule has 0 fully saturated rings. The highest BCUT2D eigenvalue weighted by Crippen LogP contribution is 2.29. The molecular formula is C20H17ClF3N5O3S. The van der Waals surface area contributed by atoms with Gasteiger partial charge in [0.2, 0.25) is 21.9 Å². The first-order valence-corrected chi connectivity index (χ1v) is 11.2. The predicted molar refractivity (Wildman–Crippen MR) is 117 cm³/mol. The molecule has 0 unspecified atom stereocenters. The Morgan fingerprint density at radius 2 is 1.85 bits per heavy atom. The van der Waals surface area contributed by atoms with Crippen LogP contribution in [-0.2, 0) is 21.2 Å². The summed E-state index contributed by atoms with van der Waals surface area (Å²) in [5.74, 6) is -0.792. The number of amides is 1. The number of anilines is 2. The minimum Gasteiger partial charge on any atom is -0.345 e. The first-order valence-electron chi connectivity index (χ1n) is 9.26. The summed E-state index contributed by atoms with van der Waals surface area (Å²) in [6.07, 6.45) is -3.37. The average Bonchev–Trinajstić information content (AvgIpc) is 2.73. The number of carbonyl (C=O) groups is 1. The normalized spacial score (nSPS) is 11.8. The Kier molecular flexibility index (Phi) is 7.20. The molecule has 1 amide bonds. The summed E-state index contributed by atoms with van der Waals surface area (Å²) < 4.78 is 61.7. The number of carbonyl (C=O) groups excluding carboxylic acids is 1. The lowest BCUT2D eigenvalue weighted by atomic mass is 10.1. The molecule has 3 rings (SSSR count). The van der Waals surface area contributed by atoms with Crippen molar-refractivity contribution in [1.82, 2.24) is 9.97 Å². The highest BCUT2D eigenvalue weighted by atomic mass is 35.5. The SMILES string of the molecule is NS(=O)(=O)c1cc(NC(=O)Cc2ccccc2Cl)ccc1-c1ccnc(NCC(F)(F)F)n1. The molecule has 8 nitrogen and oxygen atoms in total. The zero-order valence-corrected chi connectivity index (χ0v) is 18.3. The van der Waals surface area contributed by atoms with Gasteiger partial charge in [0, 0.05) is 22.5 Å². The second-order valence-electron chi connectivity index (χ2n) is 6.81. The molecule has 2 aromatic carbocycles. The number of halogens is 4. The zero-order valence-electron chi connectivity index (χ0n) is 16.7. The van der Waals surface area contributed by atoms with Gasteiger partial charge in [-0.3, -0.25) is 4.79 Å². The second kappa shape index (κ2) is 9.73. The van der Waals surface area contributed by atoms with Crippen LogP contribution < -0.4 is 15.8 Å². The Morgan fingerprint density at radius 3 is 2.52 bits per heavy atom. The predicted octanol–water partition coefficient (Wildman–Crippen LogP) is 3.60. The van der Waals surface area contributed by atoms with Crippen LogP contribution in [0.4, 0.5) is 24.8 Å². The molecule has 0 aliphatic heterocycles. The molecule has 1 heterocycles. The van der Waals surface area contributed by atoms with Crippen molar-refractivity contribution in [3.05, 3.63) is 65.3 Å². The number of hydrogen-bond donors (Lipinski definition) is 3. The van der Waals surface area contributed by atoms with Gasteiger partial charge < -0.3 is 10.6 Å². The Hall–Kier alpha value is -3.22. The van der Waals surface area contributed by atoms with E-state index < -0.39 is 28.7 Å². The molecule has 0 spiro atoms. The first-order chi connectivity index (χ1) is 15.4. The van der Waals surface area contributed by atoms with Crippen LogP contribution in [0.1, 0.15) is 5.56 Å². The summed E-state index contributed by atoms with van der Waals surface area (Å²) in [5.41, 5.74) is 0.774. The van der Waals surface area contributed by atoms with Crippen LogP contribution in [0.3, 0.4) is 0 Å². The topological polar surface area (TPSA) is 127 Å². The summed E-state index contributed by atoms with van der Waals surface area (Å²) in [5, 5.41) is 10.3. The van der Waals surface area contributed by atoms with Crippen LogP contribution >= 0.6 is 11.6 Å². The maximum Gasteiger partial charge on any atom is 0.405 e. The monoisotopic (exact) mass is 499 g/mol. The maximum atomic E-state index is 12.4. The molecule has 0 saturated carbocycles. The Morgan fingerprint density at radius 1 is 1.12 bits per heavy atom. The van der Waals surface area contributed by atoms with E-state index in [4.69, 9.17) is 16.7 Å². The minimum absolute atomic E-state index is 0.0210. The van der Waals surface area contributed by atoms with Crippen LogP contribution in [0.25, 0.3) is 11.3 Å². The number of rotatable bonds is 7. The van der Waals surface area contributed by atoms with Gasteiger partial charge in [-0.2, -0.15) is 13.2 Å². The molecule has 1 aromatic heterocycles. The van der Waals surface area contributed by atoms with Crippen molar-refractivity contribution in [2.24, 2.45) is 5.14 Å². The third kappa shape index (κ3) is 6.88. The number of benzene rings is 2.